The third kappa shape index (κ3) is 2.62. The Labute approximate surface area is 74.2 Å². The van der Waals surface area contributed by atoms with Crippen molar-refractivity contribution < 1.29 is 0 Å². The summed E-state index contributed by atoms with van der Waals surface area (Å²) in [5, 5.41) is 0. The van der Waals surface area contributed by atoms with E-state index in [1.165, 1.54) is 0 Å². The van der Waals surface area contributed by atoms with Crippen molar-refractivity contribution in [2.24, 2.45) is 0 Å². The van der Waals surface area contributed by atoms with Gasteiger partial charge in [-0.05, 0) is 25.2 Å². The molecule has 0 aliphatic heterocycles. The van der Waals surface area contributed by atoms with E-state index in [0.717, 1.165) is 25.3 Å². The number of nitrogens with zero attached hydrogens (tertiary/aromatic N) is 2. The molecule has 0 atom stereocenters. The summed E-state index contributed by atoms with van der Waals surface area (Å²) in [5.74, 6) is 0. The maximum atomic E-state index is 4.27. The van der Waals surface area contributed by atoms with Crippen molar-refractivity contribution in [2.75, 3.05) is 13.1 Å². The van der Waals surface area contributed by atoms with Crippen LogP contribution in [0.5, 0.6) is 0 Å². The molecule has 0 saturated heterocycles. The van der Waals surface area contributed by atoms with Crippen LogP contribution < -0.4 is 0 Å². The Bertz CT molecular complexity index is 204. The highest BCUT2D eigenvalue weighted by molar-refractivity contribution is 5.02. The summed E-state index contributed by atoms with van der Waals surface area (Å²) in [6.07, 6.45) is 1.85. The third-order valence-electron chi connectivity index (χ3n) is 2.01. The van der Waals surface area contributed by atoms with Gasteiger partial charge < -0.3 is 0 Å². The van der Waals surface area contributed by atoms with Gasteiger partial charge in [-0.3, -0.25) is 9.88 Å². The second-order valence-electron chi connectivity index (χ2n) is 2.78. The molecule has 1 aromatic rings. The predicted molar refractivity (Wildman–Crippen MR) is 50.9 cm³/mol. The Morgan fingerprint density at radius 2 is 2.00 bits per heavy atom. The fourth-order valence-electron chi connectivity index (χ4n) is 1.17. The summed E-state index contributed by atoms with van der Waals surface area (Å²) >= 11 is 0. The van der Waals surface area contributed by atoms with E-state index in [4.69, 9.17) is 0 Å². The molecule has 0 saturated carbocycles. The van der Waals surface area contributed by atoms with Crippen LogP contribution in [0.15, 0.2) is 24.4 Å². The molecule has 0 aliphatic carbocycles. The average molecular weight is 164 g/mol. The van der Waals surface area contributed by atoms with E-state index >= 15 is 0 Å². The van der Waals surface area contributed by atoms with Crippen LogP contribution in [0, 0.1) is 0 Å². The van der Waals surface area contributed by atoms with E-state index in [1.54, 1.807) is 0 Å². The van der Waals surface area contributed by atoms with Gasteiger partial charge >= 0.3 is 0 Å². The Morgan fingerprint density at radius 1 is 1.25 bits per heavy atom. The molecule has 12 heavy (non-hydrogen) atoms. The molecule has 1 aromatic heterocycles. The minimum absolute atomic E-state index is 0.966. The van der Waals surface area contributed by atoms with Gasteiger partial charge in [-0.1, -0.05) is 19.9 Å². The highest BCUT2D eigenvalue weighted by atomic mass is 15.1. The van der Waals surface area contributed by atoms with Crippen LogP contribution in [-0.4, -0.2) is 23.0 Å². The lowest BCUT2D eigenvalue weighted by Crippen LogP contribution is -2.22. The lowest BCUT2D eigenvalue weighted by atomic mass is 10.3. The zero-order valence-electron chi connectivity index (χ0n) is 7.83. The summed E-state index contributed by atoms with van der Waals surface area (Å²) in [5.41, 5.74) is 1.15. The van der Waals surface area contributed by atoms with Crippen molar-refractivity contribution >= 4 is 0 Å². The first-order chi connectivity index (χ1) is 5.86. The van der Waals surface area contributed by atoms with Crippen LogP contribution in [0.4, 0.5) is 0 Å². The first kappa shape index (κ1) is 9.20. The number of rotatable bonds is 4. The molecule has 0 radical (unpaired) electrons. The fraction of sp³-hybridized carbons (Fsp3) is 0.500. The number of aromatic nitrogens is 1. The van der Waals surface area contributed by atoms with Crippen molar-refractivity contribution in [2.45, 2.75) is 20.4 Å². The van der Waals surface area contributed by atoms with Gasteiger partial charge in [-0.2, -0.15) is 0 Å². The van der Waals surface area contributed by atoms with Gasteiger partial charge in [0.15, 0.2) is 0 Å². The molecule has 0 aromatic carbocycles. The Balaban J connectivity index is 2.51. The molecule has 0 spiro atoms. The smallest absolute Gasteiger partial charge is 0.0543 e. The average Bonchev–Trinajstić information content (AvgIpc) is 2.16. The van der Waals surface area contributed by atoms with Crippen molar-refractivity contribution in [1.82, 2.24) is 9.88 Å². The van der Waals surface area contributed by atoms with E-state index in [-0.39, 0.29) is 0 Å². The molecule has 2 heteroatoms. The van der Waals surface area contributed by atoms with Crippen LogP contribution >= 0.6 is 0 Å². The Hall–Kier alpha value is -0.890. The van der Waals surface area contributed by atoms with Gasteiger partial charge in [0.1, 0.15) is 0 Å². The van der Waals surface area contributed by atoms with Crippen molar-refractivity contribution in [3.05, 3.63) is 30.1 Å². The molecule has 0 N–H and O–H groups in total. The summed E-state index contributed by atoms with van der Waals surface area (Å²) in [4.78, 5) is 6.62. The molecule has 1 heterocycles. The van der Waals surface area contributed by atoms with Gasteiger partial charge in [-0.25, -0.2) is 0 Å². The maximum absolute atomic E-state index is 4.27. The van der Waals surface area contributed by atoms with E-state index in [2.05, 4.69) is 29.8 Å². The highest BCUT2D eigenvalue weighted by Crippen LogP contribution is 1.99. The molecule has 0 unspecified atom stereocenters. The van der Waals surface area contributed by atoms with Gasteiger partial charge in [0.05, 0.1) is 5.69 Å². The van der Waals surface area contributed by atoms with Crippen molar-refractivity contribution in [1.29, 1.82) is 0 Å². The Kier molecular flexibility index (Phi) is 3.74. The highest BCUT2D eigenvalue weighted by Gasteiger charge is 1.99. The topological polar surface area (TPSA) is 16.1 Å². The quantitative estimate of drug-likeness (QED) is 0.676. The van der Waals surface area contributed by atoms with Crippen LogP contribution in [0.25, 0.3) is 0 Å². The summed E-state index contributed by atoms with van der Waals surface area (Å²) in [7, 11) is 0. The van der Waals surface area contributed by atoms with Crippen LogP contribution in [0.3, 0.4) is 0 Å². The van der Waals surface area contributed by atoms with Gasteiger partial charge in [0, 0.05) is 12.7 Å². The zero-order chi connectivity index (χ0) is 8.81. The van der Waals surface area contributed by atoms with Gasteiger partial charge in [0.2, 0.25) is 0 Å². The maximum Gasteiger partial charge on any atom is 0.0543 e. The molecule has 66 valence electrons. The lowest BCUT2D eigenvalue weighted by molar-refractivity contribution is 0.292. The molecular formula is C10H16N2. The monoisotopic (exact) mass is 164 g/mol. The summed E-state index contributed by atoms with van der Waals surface area (Å²) in [6.45, 7) is 7.49. The fourth-order valence-corrected chi connectivity index (χ4v) is 1.17. The Morgan fingerprint density at radius 3 is 2.50 bits per heavy atom. The predicted octanol–water partition coefficient (Wildman–Crippen LogP) is 1.92. The summed E-state index contributed by atoms with van der Waals surface area (Å²) < 4.78 is 0. The number of hydrogen-bond acceptors (Lipinski definition) is 2. The van der Waals surface area contributed by atoms with Gasteiger partial charge in [0.25, 0.3) is 0 Å². The second kappa shape index (κ2) is 4.88. The van der Waals surface area contributed by atoms with Crippen molar-refractivity contribution in [3.63, 3.8) is 0 Å². The number of pyridine rings is 1. The van der Waals surface area contributed by atoms with E-state index < -0.39 is 0 Å². The summed E-state index contributed by atoms with van der Waals surface area (Å²) in [6, 6.07) is 6.05. The first-order valence-electron chi connectivity index (χ1n) is 4.49. The molecule has 0 bridgehead atoms. The van der Waals surface area contributed by atoms with Gasteiger partial charge in [-0.15, -0.1) is 0 Å². The lowest BCUT2D eigenvalue weighted by Gasteiger charge is -2.16. The standard InChI is InChI=1S/C10H16N2/c1-3-12(4-2)9-10-7-5-6-8-11-10/h5-8H,3-4,9H2,1-2H3. The molecule has 2 nitrogen and oxygen atoms in total. The van der Waals surface area contributed by atoms with E-state index in [1.807, 2.05) is 18.3 Å². The second-order valence-corrected chi connectivity index (χ2v) is 2.78. The molecule has 1 rings (SSSR count). The first-order valence-corrected chi connectivity index (χ1v) is 4.49. The SMILES string of the molecule is CCN(CC)Cc1ccccn1. The zero-order valence-corrected chi connectivity index (χ0v) is 7.83. The minimum atomic E-state index is 0.966. The largest absolute Gasteiger partial charge is 0.298 e. The third-order valence-corrected chi connectivity index (χ3v) is 2.01. The number of hydrogen-bond donors (Lipinski definition) is 0. The molecule has 0 aliphatic rings. The molecular weight excluding hydrogens is 148 g/mol. The minimum Gasteiger partial charge on any atom is -0.298 e. The normalized spacial score (nSPS) is 10.6. The molecule has 0 fully saturated rings. The molecule has 0 amide bonds. The van der Waals surface area contributed by atoms with E-state index in [9.17, 15) is 0 Å². The van der Waals surface area contributed by atoms with E-state index in [0.29, 0.717) is 0 Å². The van der Waals surface area contributed by atoms with Crippen LogP contribution in [0.1, 0.15) is 19.5 Å². The van der Waals surface area contributed by atoms with Crippen LogP contribution in [0.2, 0.25) is 0 Å². The van der Waals surface area contributed by atoms with Crippen LogP contribution in [-0.2, 0) is 6.54 Å². The van der Waals surface area contributed by atoms with Crippen molar-refractivity contribution in [3.8, 4) is 0 Å².